The maximum absolute atomic E-state index is 8.93. The smallest absolute Gasteiger partial charge is 0.0920 e. The van der Waals surface area contributed by atoms with E-state index in [4.69, 9.17) is 10.1 Å². The molecule has 4 heteroatoms. The lowest BCUT2D eigenvalue weighted by molar-refractivity contribution is 0.292. The van der Waals surface area contributed by atoms with Gasteiger partial charge in [0.1, 0.15) is 0 Å². The van der Waals surface area contributed by atoms with Gasteiger partial charge in [-0.05, 0) is 72.6 Å². The molecule has 150 valence electrons. The van der Waals surface area contributed by atoms with Gasteiger partial charge in [0.25, 0.3) is 0 Å². The zero-order valence-electron chi connectivity index (χ0n) is 17.1. The first-order chi connectivity index (χ1) is 14.3. The quantitative estimate of drug-likeness (QED) is 0.583. The summed E-state index contributed by atoms with van der Waals surface area (Å²) >= 11 is 0. The average Bonchev–Trinajstić information content (AvgIpc) is 2.76. The first kappa shape index (κ1) is 19.7. The van der Waals surface area contributed by atoms with Crippen LogP contribution in [0.3, 0.4) is 0 Å². The second-order valence-electron chi connectivity index (χ2n) is 7.81. The summed E-state index contributed by atoms with van der Waals surface area (Å²) in [5, 5.41) is 13.2. The molecule has 0 aliphatic heterocycles. The Bertz CT molecular complexity index is 1030. The van der Waals surface area contributed by atoms with Crippen LogP contribution in [0.4, 0.5) is 0 Å². The lowest BCUT2D eigenvalue weighted by atomic mass is 9.88. The largest absolute Gasteiger partial charge is 0.395 e. The maximum Gasteiger partial charge on any atom is 0.0920 e. The van der Waals surface area contributed by atoms with Crippen molar-refractivity contribution in [3.63, 3.8) is 0 Å². The van der Waals surface area contributed by atoms with Crippen LogP contribution in [0.2, 0.25) is 0 Å². The third-order valence-electron chi connectivity index (χ3n) is 5.79. The van der Waals surface area contributed by atoms with Crippen molar-refractivity contribution in [1.29, 1.82) is 0 Å². The van der Waals surface area contributed by atoms with Crippen LogP contribution in [-0.4, -0.2) is 28.2 Å². The number of hydrogen-bond donors (Lipinski definition) is 2. The highest BCUT2D eigenvalue weighted by Gasteiger charge is 2.13. The fourth-order valence-corrected chi connectivity index (χ4v) is 4.19. The number of aliphatic hydroxyl groups is 1. The number of aromatic nitrogens is 2. The van der Waals surface area contributed by atoms with Gasteiger partial charge in [-0.1, -0.05) is 24.3 Å². The molecule has 2 aromatic heterocycles. The third-order valence-corrected chi connectivity index (χ3v) is 5.79. The normalized spacial score (nSPS) is 14.2. The molecule has 0 saturated heterocycles. The van der Waals surface area contributed by atoms with Crippen molar-refractivity contribution in [2.24, 2.45) is 0 Å². The Labute approximate surface area is 172 Å². The van der Waals surface area contributed by atoms with E-state index < -0.39 is 0 Å². The lowest BCUT2D eigenvalue weighted by Crippen LogP contribution is -2.17. The van der Waals surface area contributed by atoms with Gasteiger partial charge < -0.3 is 10.4 Å². The van der Waals surface area contributed by atoms with E-state index in [-0.39, 0.29) is 6.61 Å². The van der Waals surface area contributed by atoms with E-state index in [1.54, 1.807) is 0 Å². The molecule has 2 heterocycles. The Morgan fingerprint density at radius 1 is 1.14 bits per heavy atom. The highest BCUT2D eigenvalue weighted by atomic mass is 16.3. The molecule has 2 N–H and O–H groups in total. The standard InChI is InChI=1S/C25H29N3O/c1-18-21(8-5-9-23(18)20-6-3-2-4-7-20)15-24-25-22(10-11-27-24)14-19(17-28-25)16-26-12-13-29/h5-6,8-11,14,17,26,29H,2-4,7,12-13,15-16H2,1H3. The van der Waals surface area contributed by atoms with Crippen molar-refractivity contribution in [1.82, 2.24) is 15.3 Å². The van der Waals surface area contributed by atoms with Crippen LogP contribution in [0.15, 0.2) is 48.8 Å². The van der Waals surface area contributed by atoms with Gasteiger partial charge in [-0.25, -0.2) is 0 Å². The van der Waals surface area contributed by atoms with E-state index >= 15 is 0 Å². The molecular formula is C25H29N3O. The van der Waals surface area contributed by atoms with Crippen molar-refractivity contribution < 1.29 is 5.11 Å². The van der Waals surface area contributed by atoms with Gasteiger partial charge in [-0.3, -0.25) is 9.97 Å². The van der Waals surface area contributed by atoms with E-state index in [0.29, 0.717) is 13.1 Å². The Balaban J connectivity index is 1.62. The number of hydrogen-bond acceptors (Lipinski definition) is 4. The topological polar surface area (TPSA) is 58.0 Å². The molecule has 3 aromatic rings. The van der Waals surface area contributed by atoms with Crippen LogP contribution in [0, 0.1) is 6.92 Å². The molecule has 0 radical (unpaired) electrons. The van der Waals surface area contributed by atoms with Gasteiger partial charge in [0.05, 0.1) is 17.8 Å². The molecule has 0 spiro atoms. The van der Waals surface area contributed by atoms with Crippen LogP contribution in [0.1, 0.15) is 53.6 Å². The van der Waals surface area contributed by atoms with Crippen LogP contribution < -0.4 is 5.32 Å². The highest BCUT2D eigenvalue weighted by molar-refractivity contribution is 5.81. The number of aliphatic hydroxyl groups excluding tert-OH is 1. The Morgan fingerprint density at radius 3 is 2.90 bits per heavy atom. The Hall–Kier alpha value is -2.56. The summed E-state index contributed by atoms with van der Waals surface area (Å²) in [4.78, 5) is 9.39. The van der Waals surface area contributed by atoms with Crippen molar-refractivity contribution >= 4 is 16.5 Å². The number of rotatable bonds is 7. The predicted octanol–water partition coefficient (Wildman–Crippen LogP) is 4.57. The highest BCUT2D eigenvalue weighted by Crippen LogP contribution is 2.31. The fraction of sp³-hybridized carbons (Fsp3) is 0.360. The second-order valence-corrected chi connectivity index (χ2v) is 7.81. The zero-order valence-corrected chi connectivity index (χ0v) is 17.1. The van der Waals surface area contributed by atoms with E-state index in [1.165, 1.54) is 47.9 Å². The number of pyridine rings is 2. The van der Waals surface area contributed by atoms with Crippen molar-refractivity contribution in [2.75, 3.05) is 13.2 Å². The number of fused-ring (bicyclic) bond motifs is 1. The van der Waals surface area contributed by atoms with E-state index in [0.717, 1.165) is 28.6 Å². The number of benzene rings is 1. The molecule has 4 rings (SSSR count). The lowest BCUT2D eigenvalue weighted by Gasteiger charge is -2.17. The first-order valence-electron chi connectivity index (χ1n) is 10.6. The molecular weight excluding hydrogens is 358 g/mol. The second kappa shape index (κ2) is 9.29. The molecule has 1 aliphatic rings. The predicted molar refractivity (Wildman–Crippen MR) is 119 cm³/mol. The fourth-order valence-electron chi connectivity index (χ4n) is 4.19. The number of allylic oxidation sites excluding steroid dienone is 2. The molecule has 4 nitrogen and oxygen atoms in total. The van der Waals surface area contributed by atoms with Gasteiger partial charge >= 0.3 is 0 Å². The van der Waals surface area contributed by atoms with Crippen LogP contribution in [-0.2, 0) is 13.0 Å². The van der Waals surface area contributed by atoms with E-state index in [2.05, 4.69) is 47.6 Å². The molecule has 29 heavy (non-hydrogen) atoms. The minimum absolute atomic E-state index is 0.143. The molecule has 0 amide bonds. The van der Waals surface area contributed by atoms with Crippen molar-refractivity contribution in [3.05, 3.63) is 76.7 Å². The summed E-state index contributed by atoms with van der Waals surface area (Å²) < 4.78 is 0. The van der Waals surface area contributed by atoms with Crippen LogP contribution >= 0.6 is 0 Å². The SMILES string of the molecule is Cc1c(Cc2nccc3cc(CNCCO)cnc23)cccc1C1=CCCCC1. The van der Waals surface area contributed by atoms with Crippen molar-refractivity contribution in [2.45, 2.75) is 45.6 Å². The number of nitrogens with one attached hydrogen (secondary N) is 1. The van der Waals surface area contributed by atoms with Gasteiger partial charge in [0.15, 0.2) is 0 Å². The van der Waals surface area contributed by atoms with Gasteiger partial charge in [-0.15, -0.1) is 0 Å². The summed E-state index contributed by atoms with van der Waals surface area (Å²) in [6, 6.07) is 10.8. The van der Waals surface area contributed by atoms with E-state index in [9.17, 15) is 0 Å². The van der Waals surface area contributed by atoms with Crippen molar-refractivity contribution in [3.8, 4) is 0 Å². The van der Waals surface area contributed by atoms with Crippen LogP contribution in [0.5, 0.6) is 0 Å². The average molecular weight is 388 g/mol. The first-order valence-corrected chi connectivity index (χ1v) is 10.6. The monoisotopic (exact) mass is 387 g/mol. The van der Waals surface area contributed by atoms with Gasteiger partial charge in [0, 0.05) is 37.3 Å². The van der Waals surface area contributed by atoms with Gasteiger partial charge in [-0.2, -0.15) is 0 Å². The van der Waals surface area contributed by atoms with Crippen LogP contribution in [0.25, 0.3) is 16.5 Å². The zero-order chi connectivity index (χ0) is 20.1. The molecule has 0 unspecified atom stereocenters. The molecule has 0 atom stereocenters. The minimum Gasteiger partial charge on any atom is -0.395 e. The Morgan fingerprint density at radius 2 is 2.07 bits per heavy atom. The summed E-state index contributed by atoms with van der Waals surface area (Å²) in [7, 11) is 0. The molecule has 0 bridgehead atoms. The van der Waals surface area contributed by atoms with E-state index in [1.807, 2.05) is 18.5 Å². The summed E-state index contributed by atoms with van der Waals surface area (Å²) in [6.07, 6.45) is 12.0. The molecule has 0 fully saturated rings. The maximum atomic E-state index is 8.93. The van der Waals surface area contributed by atoms with Gasteiger partial charge in [0.2, 0.25) is 0 Å². The molecule has 0 saturated carbocycles. The summed E-state index contributed by atoms with van der Waals surface area (Å²) in [6.45, 7) is 3.68. The number of nitrogens with zero attached hydrogens (tertiary/aromatic N) is 2. The summed E-state index contributed by atoms with van der Waals surface area (Å²) in [5.41, 5.74) is 8.70. The molecule has 1 aromatic carbocycles. The Kier molecular flexibility index (Phi) is 6.33. The molecule has 1 aliphatic carbocycles. The third kappa shape index (κ3) is 4.55. The summed E-state index contributed by atoms with van der Waals surface area (Å²) in [5.74, 6) is 0. The minimum atomic E-state index is 0.143.